The molecule has 1 amide bonds. The molecule has 5 nitrogen and oxygen atoms in total. The zero-order valence-corrected chi connectivity index (χ0v) is 15.3. The second-order valence-electron chi connectivity index (χ2n) is 6.09. The van der Waals surface area contributed by atoms with Crippen LogP contribution in [0.2, 0.25) is 0 Å². The maximum atomic E-state index is 12.6. The number of fused-ring (bicyclic) bond motifs is 1. The van der Waals surface area contributed by atoms with Crippen LogP contribution in [0.4, 0.5) is 0 Å². The van der Waals surface area contributed by atoms with Gasteiger partial charge < -0.3 is 19.7 Å². The predicted molar refractivity (Wildman–Crippen MR) is 96.2 cm³/mol. The number of halogens is 1. The molecule has 2 heterocycles. The van der Waals surface area contributed by atoms with E-state index in [0.717, 1.165) is 43.9 Å². The van der Waals surface area contributed by atoms with Gasteiger partial charge in [-0.05, 0) is 62.9 Å². The van der Waals surface area contributed by atoms with Crippen LogP contribution in [0, 0.1) is 0 Å². The van der Waals surface area contributed by atoms with Gasteiger partial charge >= 0.3 is 0 Å². The normalized spacial score (nSPS) is 19.4. The Balaban J connectivity index is 0.00000208. The third-order valence-corrected chi connectivity index (χ3v) is 4.55. The number of rotatable bonds is 5. The number of ether oxygens (including phenoxy) is 2. The molecule has 24 heavy (non-hydrogen) atoms. The lowest BCUT2D eigenvalue weighted by molar-refractivity contribution is -0.134. The van der Waals surface area contributed by atoms with Crippen LogP contribution in [0.5, 0.6) is 11.5 Å². The molecule has 3 rings (SSSR count). The molecular weight excluding hydrogens is 328 g/mol. The Hall–Kier alpha value is -1.46. The largest absolute Gasteiger partial charge is 0.490 e. The van der Waals surface area contributed by atoms with Crippen LogP contribution in [0.25, 0.3) is 0 Å². The van der Waals surface area contributed by atoms with Crippen LogP contribution in [0.3, 0.4) is 0 Å². The van der Waals surface area contributed by atoms with Crippen molar-refractivity contribution in [2.45, 2.75) is 45.7 Å². The summed E-state index contributed by atoms with van der Waals surface area (Å²) < 4.78 is 11.4. The molecule has 134 valence electrons. The van der Waals surface area contributed by atoms with Crippen molar-refractivity contribution < 1.29 is 14.3 Å². The smallest absolute Gasteiger partial charge is 0.240 e. The van der Waals surface area contributed by atoms with E-state index in [1.54, 1.807) is 0 Å². The first-order chi connectivity index (χ1) is 11.2. The average Bonchev–Trinajstić information content (AvgIpc) is 3.09. The van der Waals surface area contributed by atoms with Gasteiger partial charge in [-0.2, -0.15) is 0 Å². The van der Waals surface area contributed by atoms with Crippen LogP contribution < -0.4 is 14.8 Å². The van der Waals surface area contributed by atoms with Gasteiger partial charge in [0.25, 0.3) is 0 Å². The van der Waals surface area contributed by atoms with Crippen molar-refractivity contribution in [3.8, 4) is 11.5 Å². The van der Waals surface area contributed by atoms with Gasteiger partial charge in [0, 0.05) is 13.1 Å². The van der Waals surface area contributed by atoms with Crippen molar-refractivity contribution in [2.24, 2.45) is 0 Å². The summed E-state index contributed by atoms with van der Waals surface area (Å²) in [7, 11) is 0. The molecule has 1 N–H and O–H groups in total. The molecule has 0 spiro atoms. The lowest BCUT2D eigenvalue weighted by Gasteiger charge is -2.31. The highest BCUT2D eigenvalue weighted by atomic mass is 35.5. The van der Waals surface area contributed by atoms with Crippen molar-refractivity contribution in [3.05, 3.63) is 23.3 Å². The first kappa shape index (κ1) is 18.9. The number of hydrogen-bond acceptors (Lipinski definition) is 4. The molecule has 0 saturated carbocycles. The molecule has 1 unspecified atom stereocenters. The Bertz CT molecular complexity index is 574. The van der Waals surface area contributed by atoms with Crippen LogP contribution in [0.1, 0.15) is 37.8 Å². The minimum absolute atomic E-state index is 0. The average molecular weight is 355 g/mol. The topological polar surface area (TPSA) is 50.8 Å². The van der Waals surface area contributed by atoms with E-state index < -0.39 is 0 Å². The van der Waals surface area contributed by atoms with E-state index in [4.69, 9.17) is 9.47 Å². The van der Waals surface area contributed by atoms with Crippen molar-refractivity contribution >= 4 is 18.3 Å². The van der Waals surface area contributed by atoms with Gasteiger partial charge in [0.2, 0.25) is 5.91 Å². The first-order valence-corrected chi connectivity index (χ1v) is 8.66. The van der Waals surface area contributed by atoms with E-state index in [9.17, 15) is 4.79 Å². The third kappa shape index (κ3) is 3.95. The quantitative estimate of drug-likeness (QED) is 0.882. The molecule has 1 fully saturated rings. The molecule has 1 saturated heterocycles. The second kappa shape index (κ2) is 8.58. The number of carbonyl (C=O) groups excluding carboxylic acids is 1. The summed E-state index contributed by atoms with van der Waals surface area (Å²) in [6.07, 6.45) is 2.92. The lowest BCUT2D eigenvalue weighted by Crippen LogP contribution is -2.45. The third-order valence-electron chi connectivity index (χ3n) is 4.55. The molecule has 6 heteroatoms. The molecule has 1 aromatic rings. The van der Waals surface area contributed by atoms with Crippen molar-refractivity contribution in [1.29, 1.82) is 0 Å². The van der Waals surface area contributed by atoms with Gasteiger partial charge in [-0.3, -0.25) is 4.79 Å². The molecule has 0 radical (unpaired) electrons. The van der Waals surface area contributed by atoms with Crippen LogP contribution in [-0.2, 0) is 17.8 Å². The molecule has 1 atom stereocenters. The molecule has 2 aliphatic heterocycles. The van der Waals surface area contributed by atoms with E-state index in [2.05, 4.69) is 11.4 Å². The van der Waals surface area contributed by atoms with Crippen molar-refractivity contribution in [2.75, 3.05) is 26.3 Å². The van der Waals surface area contributed by atoms with Gasteiger partial charge in [-0.1, -0.05) is 0 Å². The maximum Gasteiger partial charge on any atom is 0.240 e. The summed E-state index contributed by atoms with van der Waals surface area (Å²) in [4.78, 5) is 14.6. The Kier molecular flexibility index (Phi) is 6.75. The van der Waals surface area contributed by atoms with Gasteiger partial charge in [0.15, 0.2) is 11.5 Å². The van der Waals surface area contributed by atoms with Gasteiger partial charge in [-0.15, -0.1) is 12.4 Å². The summed E-state index contributed by atoms with van der Waals surface area (Å²) in [6.45, 7) is 7.57. The molecule has 2 aliphatic rings. The van der Waals surface area contributed by atoms with Crippen LogP contribution in [0.15, 0.2) is 12.1 Å². The standard InChI is InChI=1S/C18H26N2O3.ClH/c1-3-22-16-10-13-7-9-20(18(21)15-6-5-8-19-15)12-14(13)11-17(16)23-4-2;/h10-11,15,19H,3-9,12H2,1-2H3;1H. The Morgan fingerprint density at radius 2 is 1.88 bits per heavy atom. The van der Waals surface area contributed by atoms with Crippen LogP contribution in [-0.4, -0.2) is 43.2 Å². The highest BCUT2D eigenvalue weighted by Crippen LogP contribution is 2.34. The predicted octanol–water partition coefficient (Wildman–Crippen LogP) is 2.54. The molecular formula is C18H27ClN2O3. The number of hydrogen-bond donors (Lipinski definition) is 1. The first-order valence-electron chi connectivity index (χ1n) is 8.66. The summed E-state index contributed by atoms with van der Waals surface area (Å²) in [5.41, 5.74) is 2.44. The fourth-order valence-corrected chi connectivity index (χ4v) is 3.40. The van der Waals surface area contributed by atoms with E-state index in [0.29, 0.717) is 19.8 Å². The fourth-order valence-electron chi connectivity index (χ4n) is 3.40. The molecule has 1 aromatic carbocycles. The Morgan fingerprint density at radius 1 is 1.21 bits per heavy atom. The summed E-state index contributed by atoms with van der Waals surface area (Å²) in [5.74, 6) is 1.83. The van der Waals surface area contributed by atoms with Crippen LogP contribution >= 0.6 is 12.4 Å². The van der Waals surface area contributed by atoms with E-state index in [1.165, 1.54) is 11.1 Å². The van der Waals surface area contributed by atoms with Gasteiger partial charge in [0.05, 0.1) is 19.3 Å². The van der Waals surface area contributed by atoms with E-state index in [1.807, 2.05) is 24.8 Å². The Labute approximate surface area is 150 Å². The van der Waals surface area contributed by atoms with Gasteiger partial charge in [-0.25, -0.2) is 0 Å². The zero-order valence-electron chi connectivity index (χ0n) is 14.5. The van der Waals surface area contributed by atoms with E-state index >= 15 is 0 Å². The fraction of sp³-hybridized carbons (Fsp3) is 0.611. The highest BCUT2D eigenvalue weighted by Gasteiger charge is 2.29. The maximum absolute atomic E-state index is 12.6. The summed E-state index contributed by atoms with van der Waals surface area (Å²) in [5, 5.41) is 3.30. The minimum Gasteiger partial charge on any atom is -0.490 e. The number of nitrogens with zero attached hydrogens (tertiary/aromatic N) is 1. The molecule has 0 aromatic heterocycles. The highest BCUT2D eigenvalue weighted by molar-refractivity contribution is 5.85. The minimum atomic E-state index is 0. The SMILES string of the molecule is CCOc1cc2c(cc1OCC)CN(C(=O)C1CCCN1)CC2.Cl. The monoisotopic (exact) mass is 354 g/mol. The Morgan fingerprint density at radius 3 is 2.46 bits per heavy atom. The number of carbonyl (C=O) groups is 1. The van der Waals surface area contributed by atoms with Crippen molar-refractivity contribution in [3.63, 3.8) is 0 Å². The number of amides is 1. The number of benzene rings is 1. The molecule has 0 aliphatic carbocycles. The summed E-state index contributed by atoms with van der Waals surface area (Å²) in [6, 6.07) is 4.13. The number of nitrogens with one attached hydrogen (secondary N) is 1. The van der Waals surface area contributed by atoms with Crippen molar-refractivity contribution in [1.82, 2.24) is 10.2 Å². The van der Waals surface area contributed by atoms with E-state index in [-0.39, 0.29) is 24.4 Å². The summed E-state index contributed by atoms with van der Waals surface area (Å²) >= 11 is 0. The second-order valence-corrected chi connectivity index (χ2v) is 6.09. The zero-order chi connectivity index (χ0) is 16.2. The van der Waals surface area contributed by atoms with Gasteiger partial charge in [0.1, 0.15) is 0 Å². The molecule has 0 bridgehead atoms. The lowest BCUT2D eigenvalue weighted by atomic mass is 9.98.